The average Bonchev–Trinajstić information content (AvgIpc) is 3.02. The zero-order valence-electron chi connectivity index (χ0n) is 14.8. The molecule has 0 bridgehead atoms. The quantitative estimate of drug-likeness (QED) is 0.371. The number of nitrogens with one attached hydrogen (secondary N) is 1. The molecule has 8 heteroatoms. The van der Waals surface area contributed by atoms with Gasteiger partial charge in [0.1, 0.15) is 0 Å². The monoisotopic (exact) mass is 435 g/mol. The van der Waals surface area contributed by atoms with E-state index in [1.807, 2.05) is 36.4 Å². The summed E-state index contributed by atoms with van der Waals surface area (Å²) in [5.41, 5.74) is 2.89. The van der Waals surface area contributed by atoms with Gasteiger partial charge in [0, 0.05) is 10.7 Å². The molecule has 0 aliphatic rings. The van der Waals surface area contributed by atoms with Crippen molar-refractivity contribution in [2.75, 3.05) is 11.1 Å². The van der Waals surface area contributed by atoms with Gasteiger partial charge in [0.25, 0.3) is 0 Å². The molecule has 0 aliphatic heterocycles. The van der Waals surface area contributed by atoms with Crippen molar-refractivity contribution in [1.29, 1.82) is 0 Å². The third kappa shape index (κ3) is 5.42. The summed E-state index contributed by atoms with van der Waals surface area (Å²) in [5.74, 6) is 0.668. The Morgan fingerprint density at radius 2 is 1.89 bits per heavy atom. The number of benzene rings is 2. The lowest BCUT2D eigenvalue weighted by Crippen LogP contribution is -2.14. The molecule has 0 radical (unpaired) electrons. The van der Waals surface area contributed by atoms with Crippen molar-refractivity contribution in [1.82, 2.24) is 9.78 Å². The van der Waals surface area contributed by atoms with Crippen LogP contribution in [-0.2, 0) is 4.79 Å². The van der Waals surface area contributed by atoms with Gasteiger partial charge in [-0.25, -0.2) is 4.68 Å². The lowest BCUT2D eigenvalue weighted by atomic mass is 10.0. The molecule has 0 atom stereocenters. The predicted molar refractivity (Wildman–Crippen MR) is 117 cm³/mol. The highest BCUT2D eigenvalue weighted by Crippen LogP contribution is 2.25. The SMILES string of the molecule is CC(C)c1ccc(NC(=O)CSc2nn(-c3ccc(Cl)cc3)c(=S)s2)cc1. The van der Waals surface area contributed by atoms with Crippen molar-refractivity contribution >= 4 is 58.5 Å². The molecular weight excluding hydrogens is 418 g/mol. The number of rotatable bonds is 6. The van der Waals surface area contributed by atoms with E-state index in [9.17, 15) is 4.79 Å². The molecule has 1 heterocycles. The fourth-order valence-corrected chi connectivity index (χ4v) is 4.63. The number of hydrogen-bond donors (Lipinski definition) is 1. The first-order valence-electron chi connectivity index (χ1n) is 8.31. The zero-order chi connectivity index (χ0) is 19.4. The molecule has 140 valence electrons. The van der Waals surface area contributed by atoms with Crippen LogP contribution in [0.2, 0.25) is 5.02 Å². The summed E-state index contributed by atoms with van der Waals surface area (Å²) >= 11 is 14.0. The fourth-order valence-electron chi connectivity index (χ4n) is 2.34. The van der Waals surface area contributed by atoms with Gasteiger partial charge in [-0.3, -0.25) is 4.79 Å². The van der Waals surface area contributed by atoms with Crippen molar-refractivity contribution in [3.8, 4) is 5.69 Å². The van der Waals surface area contributed by atoms with Crippen LogP contribution in [0.4, 0.5) is 5.69 Å². The number of amides is 1. The van der Waals surface area contributed by atoms with E-state index in [2.05, 4.69) is 24.3 Å². The smallest absolute Gasteiger partial charge is 0.234 e. The van der Waals surface area contributed by atoms with Crippen molar-refractivity contribution in [2.45, 2.75) is 24.1 Å². The minimum atomic E-state index is -0.0727. The summed E-state index contributed by atoms with van der Waals surface area (Å²) in [5, 5.41) is 8.06. The van der Waals surface area contributed by atoms with Crippen LogP contribution in [0.15, 0.2) is 52.9 Å². The van der Waals surface area contributed by atoms with Crippen LogP contribution < -0.4 is 5.32 Å². The number of anilines is 1. The molecule has 3 aromatic rings. The number of carbonyl (C=O) groups excluding carboxylic acids is 1. The second-order valence-corrected chi connectivity index (χ2v) is 9.42. The summed E-state index contributed by atoms with van der Waals surface area (Å²) in [7, 11) is 0. The van der Waals surface area contributed by atoms with E-state index >= 15 is 0 Å². The number of hydrogen-bond acceptors (Lipinski definition) is 5. The standard InChI is InChI=1S/C19H18ClN3OS3/c1-12(2)13-3-7-15(8-4-13)21-17(24)11-26-18-22-23(19(25)27-18)16-9-5-14(20)6-10-16/h3-10,12H,11H2,1-2H3,(H,21,24). The van der Waals surface area contributed by atoms with Gasteiger partial charge in [0.05, 0.1) is 11.4 Å². The normalized spacial score (nSPS) is 11.0. The Bertz CT molecular complexity index is 979. The summed E-state index contributed by atoms with van der Waals surface area (Å²) < 4.78 is 3.06. The lowest BCUT2D eigenvalue weighted by Gasteiger charge is -2.08. The molecule has 2 aromatic carbocycles. The van der Waals surface area contributed by atoms with Crippen LogP contribution in [-0.4, -0.2) is 21.4 Å². The maximum absolute atomic E-state index is 12.2. The lowest BCUT2D eigenvalue weighted by molar-refractivity contribution is -0.113. The van der Waals surface area contributed by atoms with Crippen molar-refractivity contribution in [3.05, 3.63) is 63.1 Å². The summed E-state index contributed by atoms with van der Waals surface area (Å²) in [6, 6.07) is 15.2. The number of nitrogens with zero attached hydrogens (tertiary/aromatic N) is 2. The van der Waals surface area contributed by atoms with Gasteiger partial charge in [-0.15, -0.1) is 5.10 Å². The molecule has 0 spiro atoms. The number of aromatic nitrogens is 2. The second-order valence-electron chi connectivity index (χ2n) is 6.14. The third-order valence-corrected chi connectivity index (χ3v) is 6.41. The number of carbonyl (C=O) groups is 1. The molecule has 0 aliphatic carbocycles. The molecule has 1 aromatic heterocycles. The molecule has 4 nitrogen and oxygen atoms in total. The van der Waals surface area contributed by atoms with E-state index in [0.717, 1.165) is 15.7 Å². The molecule has 1 amide bonds. The van der Waals surface area contributed by atoms with E-state index in [4.69, 9.17) is 23.8 Å². The largest absolute Gasteiger partial charge is 0.325 e. The van der Waals surface area contributed by atoms with Crippen LogP contribution in [0, 0.1) is 3.95 Å². The number of thioether (sulfide) groups is 1. The first kappa shape index (κ1) is 20.1. The Labute approximate surface area is 176 Å². The van der Waals surface area contributed by atoms with E-state index in [1.165, 1.54) is 28.7 Å². The highest BCUT2D eigenvalue weighted by Gasteiger charge is 2.10. The topological polar surface area (TPSA) is 46.9 Å². The molecule has 0 saturated carbocycles. The van der Waals surface area contributed by atoms with Crippen LogP contribution in [0.3, 0.4) is 0 Å². The average molecular weight is 436 g/mol. The highest BCUT2D eigenvalue weighted by molar-refractivity contribution is 8.01. The molecular formula is C19H18ClN3OS3. The first-order chi connectivity index (χ1) is 12.9. The van der Waals surface area contributed by atoms with Crippen LogP contribution in [0.1, 0.15) is 25.3 Å². The van der Waals surface area contributed by atoms with Crippen LogP contribution >= 0.6 is 46.9 Å². The van der Waals surface area contributed by atoms with Gasteiger partial charge in [-0.05, 0) is 60.1 Å². The van der Waals surface area contributed by atoms with Gasteiger partial charge in [-0.2, -0.15) is 0 Å². The van der Waals surface area contributed by atoms with Crippen molar-refractivity contribution in [3.63, 3.8) is 0 Å². The van der Waals surface area contributed by atoms with Crippen molar-refractivity contribution < 1.29 is 4.79 Å². The summed E-state index contributed by atoms with van der Waals surface area (Å²) in [4.78, 5) is 12.2. The maximum Gasteiger partial charge on any atom is 0.234 e. The highest BCUT2D eigenvalue weighted by atomic mass is 35.5. The molecule has 0 fully saturated rings. The Hall–Kier alpha value is -1.67. The third-order valence-electron chi connectivity index (χ3n) is 3.79. The molecule has 0 saturated heterocycles. The van der Waals surface area contributed by atoms with E-state index in [-0.39, 0.29) is 11.7 Å². The molecule has 0 unspecified atom stereocenters. The van der Waals surface area contributed by atoms with Gasteiger partial charge in [0.2, 0.25) is 5.91 Å². The Morgan fingerprint density at radius 3 is 2.52 bits per heavy atom. The molecule has 3 rings (SSSR count). The van der Waals surface area contributed by atoms with E-state index in [0.29, 0.717) is 14.9 Å². The zero-order valence-corrected chi connectivity index (χ0v) is 18.0. The van der Waals surface area contributed by atoms with Crippen LogP contribution in [0.5, 0.6) is 0 Å². The summed E-state index contributed by atoms with van der Waals surface area (Å²) in [6.07, 6.45) is 0. The number of halogens is 1. The van der Waals surface area contributed by atoms with E-state index in [1.54, 1.807) is 16.8 Å². The molecule has 1 N–H and O–H groups in total. The predicted octanol–water partition coefficient (Wildman–Crippen LogP) is 6.17. The fraction of sp³-hybridized carbons (Fsp3) is 0.211. The Kier molecular flexibility index (Phi) is 6.70. The minimum Gasteiger partial charge on any atom is -0.325 e. The maximum atomic E-state index is 12.2. The summed E-state index contributed by atoms with van der Waals surface area (Å²) in [6.45, 7) is 4.28. The molecule has 27 heavy (non-hydrogen) atoms. The van der Waals surface area contributed by atoms with Crippen LogP contribution in [0.25, 0.3) is 5.69 Å². The second kappa shape index (κ2) is 9.01. The van der Waals surface area contributed by atoms with Gasteiger partial charge in [-0.1, -0.05) is 60.7 Å². The van der Waals surface area contributed by atoms with Gasteiger partial charge in [0.15, 0.2) is 8.29 Å². The Balaban J connectivity index is 1.60. The Morgan fingerprint density at radius 1 is 1.22 bits per heavy atom. The first-order valence-corrected chi connectivity index (χ1v) is 10.9. The van der Waals surface area contributed by atoms with E-state index < -0.39 is 0 Å². The van der Waals surface area contributed by atoms with Crippen molar-refractivity contribution in [2.24, 2.45) is 0 Å². The van der Waals surface area contributed by atoms with Gasteiger partial charge >= 0.3 is 0 Å². The van der Waals surface area contributed by atoms with Gasteiger partial charge < -0.3 is 5.32 Å². The minimum absolute atomic E-state index is 0.0727.